The molecule has 0 bridgehead atoms. The van der Waals surface area contributed by atoms with Gasteiger partial charge in [-0.05, 0) is 12.1 Å². The number of nitrogens with zero attached hydrogens (tertiary/aromatic N) is 8. The van der Waals surface area contributed by atoms with E-state index in [0.29, 0.717) is 5.82 Å². The van der Waals surface area contributed by atoms with Gasteiger partial charge in [-0.3, -0.25) is 13.9 Å². The molecule has 160 valence electrons. The first-order chi connectivity index (χ1) is 14.8. The van der Waals surface area contributed by atoms with Gasteiger partial charge in [-0.25, -0.2) is 14.6 Å². The Balaban J connectivity index is 1.39. The van der Waals surface area contributed by atoms with E-state index in [1.165, 1.54) is 25.0 Å². The number of aromatic nitrogens is 8. The highest BCUT2D eigenvalue weighted by Gasteiger charge is 2.15. The Morgan fingerprint density at radius 1 is 1.10 bits per heavy atom. The van der Waals surface area contributed by atoms with Crippen molar-refractivity contribution in [2.24, 2.45) is 14.1 Å². The molecule has 4 rings (SSSR count). The third-order valence-electron chi connectivity index (χ3n) is 4.85. The number of esters is 1. The molecule has 0 aliphatic carbocycles. The molecular formula is C19H20N8O4. The van der Waals surface area contributed by atoms with Gasteiger partial charge in [-0.2, -0.15) is 4.80 Å². The number of hydrogen-bond acceptors (Lipinski definition) is 8. The molecule has 0 spiro atoms. The van der Waals surface area contributed by atoms with Crippen LogP contribution >= 0.6 is 0 Å². The fourth-order valence-electron chi connectivity index (χ4n) is 3.11. The molecule has 1 aromatic carbocycles. The topological polar surface area (TPSA) is 132 Å². The number of carbonyl (C=O) groups excluding carboxylic acids is 1. The lowest BCUT2D eigenvalue weighted by Gasteiger charge is -2.07. The van der Waals surface area contributed by atoms with Crippen molar-refractivity contribution < 1.29 is 9.53 Å². The molecule has 0 saturated heterocycles. The summed E-state index contributed by atoms with van der Waals surface area (Å²) < 4.78 is 9.08. The molecule has 0 unspecified atom stereocenters. The molecule has 0 radical (unpaired) electrons. The number of imidazole rings is 1. The van der Waals surface area contributed by atoms with Gasteiger partial charge in [0.1, 0.15) is 6.61 Å². The van der Waals surface area contributed by atoms with Crippen molar-refractivity contribution in [3.05, 3.63) is 57.0 Å². The van der Waals surface area contributed by atoms with Crippen molar-refractivity contribution >= 4 is 17.1 Å². The molecular weight excluding hydrogens is 404 g/mol. The number of hydrogen-bond donors (Lipinski definition) is 0. The smallest absolute Gasteiger partial charge is 0.332 e. The van der Waals surface area contributed by atoms with Gasteiger partial charge in [0.05, 0.1) is 12.9 Å². The maximum atomic E-state index is 12.4. The first-order valence-corrected chi connectivity index (χ1v) is 9.46. The lowest BCUT2D eigenvalue weighted by atomic mass is 10.1. The number of benzene rings is 1. The van der Waals surface area contributed by atoms with Gasteiger partial charge in [0.25, 0.3) is 5.56 Å². The minimum Gasteiger partial charge on any atom is -0.462 e. The number of ether oxygens (including phenoxy) is 1. The van der Waals surface area contributed by atoms with E-state index in [2.05, 4.69) is 20.4 Å². The van der Waals surface area contributed by atoms with Crippen molar-refractivity contribution in [1.82, 2.24) is 38.9 Å². The number of rotatable bonds is 6. The minimum atomic E-state index is -0.544. The quantitative estimate of drug-likeness (QED) is 0.383. The predicted octanol–water partition coefficient (Wildman–Crippen LogP) is -0.361. The van der Waals surface area contributed by atoms with Crippen molar-refractivity contribution in [1.29, 1.82) is 0 Å². The van der Waals surface area contributed by atoms with Crippen molar-refractivity contribution in [2.45, 2.75) is 20.0 Å². The fourth-order valence-corrected chi connectivity index (χ4v) is 3.11. The normalized spacial score (nSPS) is 11.2. The zero-order valence-electron chi connectivity index (χ0n) is 17.2. The molecule has 0 amide bonds. The van der Waals surface area contributed by atoms with Crippen molar-refractivity contribution in [3.63, 3.8) is 0 Å². The summed E-state index contributed by atoms with van der Waals surface area (Å²) in [5.74, 6) is -0.128. The summed E-state index contributed by atoms with van der Waals surface area (Å²) in [6.07, 6.45) is 1.44. The minimum absolute atomic E-state index is 0.00973. The molecule has 0 fully saturated rings. The average Bonchev–Trinajstić information content (AvgIpc) is 3.39. The number of carbonyl (C=O) groups is 1. The van der Waals surface area contributed by atoms with Crippen LogP contribution in [0.25, 0.3) is 22.6 Å². The molecule has 0 saturated carbocycles. The van der Waals surface area contributed by atoms with E-state index in [0.717, 1.165) is 20.5 Å². The van der Waals surface area contributed by atoms with Gasteiger partial charge >= 0.3 is 11.7 Å². The van der Waals surface area contributed by atoms with Crippen LogP contribution in [-0.2, 0) is 36.7 Å². The van der Waals surface area contributed by atoms with Gasteiger partial charge in [0.15, 0.2) is 17.7 Å². The largest absolute Gasteiger partial charge is 0.462 e. The van der Waals surface area contributed by atoms with E-state index in [9.17, 15) is 14.4 Å². The van der Waals surface area contributed by atoms with Gasteiger partial charge in [-0.1, -0.05) is 29.8 Å². The molecule has 12 heteroatoms. The Labute approximate surface area is 175 Å². The standard InChI is InChI=1S/C19H20N8O4/c1-12-4-6-13(7-5-12)16-21-23-27(22-16)10-14(28)31-9-8-26-11-20-17-15(26)18(29)25(3)19(30)24(17)2/h4-7,11H,8-10H2,1-3H3. The zero-order valence-corrected chi connectivity index (χ0v) is 17.2. The molecule has 12 nitrogen and oxygen atoms in total. The van der Waals surface area contributed by atoms with E-state index in [1.807, 2.05) is 31.2 Å². The maximum Gasteiger partial charge on any atom is 0.332 e. The molecule has 3 heterocycles. The van der Waals surface area contributed by atoms with Gasteiger partial charge < -0.3 is 9.30 Å². The maximum absolute atomic E-state index is 12.4. The summed E-state index contributed by atoms with van der Waals surface area (Å²) >= 11 is 0. The Morgan fingerprint density at radius 2 is 1.84 bits per heavy atom. The fraction of sp³-hybridized carbons (Fsp3) is 0.316. The molecule has 0 atom stereocenters. The second kappa shape index (κ2) is 7.97. The van der Waals surface area contributed by atoms with E-state index in [4.69, 9.17) is 4.74 Å². The van der Waals surface area contributed by atoms with E-state index in [1.54, 1.807) is 4.57 Å². The van der Waals surface area contributed by atoms with Gasteiger partial charge in [0.2, 0.25) is 5.82 Å². The summed E-state index contributed by atoms with van der Waals surface area (Å²) in [5.41, 5.74) is 1.53. The van der Waals surface area contributed by atoms with E-state index < -0.39 is 17.2 Å². The Morgan fingerprint density at radius 3 is 2.58 bits per heavy atom. The highest BCUT2D eigenvalue weighted by atomic mass is 16.5. The lowest BCUT2D eigenvalue weighted by molar-refractivity contribution is -0.145. The van der Waals surface area contributed by atoms with Crippen LogP contribution in [0.4, 0.5) is 0 Å². The Kier molecular flexibility index (Phi) is 5.19. The zero-order chi connectivity index (χ0) is 22.1. The van der Waals surface area contributed by atoms with Crippen LogP contribution in [0, 0.1) is 6.92 Å². The van der Waals surface area contributed by atoms with Crippen LogP contribution in [0.2, 0.25) is 0 Å². The average molecular weight is 424 g/mol. The summed E-state index contributed by atoms with van der Waals surface area (Å²) in [6, 6.07) is 7.64. The van der Waals surface area contributed by atoms with Crippen LogP contribution < -0.4 is 11.2 Å². The van der Waals surface area contributed by atoms with Crippen LogP contribution in [0.1, 0.15) is 5.56 Å². The van der Waals surface area contributed by atoms with Gasteiger partial charge in [0, 0.05) is 19.7 Å². The van der Waals surface area contributed by atoms with E-state index >= 15 is 0 Å². The van der Waals surface area contributed by atoms with Crippen LogP contribution in [0.5, 0.6) is 0 Å². The third kappa shape index (κ3) is 3.86. The second-order valence-electron chi connectivity index (χ2n) is 7.05. The van der Waals surface area contributed by atoms with Crippen LogP contribution in [0.15, 0.2) is 40.2 Å². The molecule has 31 heavy (non-hydrogen) atoms. The summed E-state index contributed by atoms with van der Waals surface area (Å²) in [4.78, 5) is 41.8. The number of tetrazole rings is 1. The Hall–Kier alpha value is -4.09. The summed E-state index contributed by atoms with van der Waals surface area (Å²) in [6.45, 7) is 2.00. The predicted molar refractivity (Wildman–Crippen MR) is 109 cm³/mol. The number of aryl methyl sites for hydroxylation is 2. The lowest BCUT2D eigenvalue weighted by Crippen LogP contribution is -2.37. The second-order valence-corrected chi connectivity index (χ2v) is 7.05. The third-order valence-corrected chi connectivity index (χ3v) is 4.85. The van der Waals surface area contributed by atoms with Crippen LogP contribution in [-0.4, -0.2) is 51.5 Å². The monoisotopic (exact) mass is 424 g/mol. The van der Waals surface area contributed by atoms with E-state index in [-0.39, 0.29) is 30.9 Å². The highest BCUT2D eigenvalue weighted by Crippen LogP contribution is 2.13. The molecule has 0 N–H and O–H groups in total. The Bertz CT molecular complexity index is 1380. The highest BCUT2D eigenvalue weighted by molar-refractivity contribution is 5.70. The SMILES string of the molecule is Cc1ccc(-c2nnn(CC(=O)OCCn3cnc4c3c(=O)n(C)c(=O)n4C)n2)cc1. The summed E-state index contributed by atoms with van der Waals surface area (Å²) in [7, 11) is 2.94. The molecule has 0 aliphatic heterocycles. The first kappa shape index (κ1) is 20.2. The number of fused-ring (bicyclic) bond motifs is 1. The first-order valence-electron chi connectivity index (χ1n) is 9.46. The van der Waals surface area contributed by atoms with Crippen LogP contribution in [0.3, 0.4) is 0 Å². The molecule has 0 aliphatic rings. The summed E-state index contributed by atoms with van der Waals surface area (Å²) in [5, 5.41) is 12.0. The van der Waals surface area contributed by atoms with Crippen molar-refractivity contribution in [2.75, 3.05) is 6.61 Å². The van der Waals surface area contributed by atoms with Crippen molar-refractivity contribution in [3.8, 4) is 11.4 Å². The van der Waals surface area contributed by atoms with Gasteiger partial charge in [-0.15, -0.1) is 10.2 Å². The molecule has 3 aromatic heterocycles. The molecule has 4 aromatic rings.